The van der Waals surface area contributed by atoms with Gasteiger partial charge in [-0.15, -0.1) is 0 Å². The van der Waals surface area contributed by atoms with Crippen LogP contribution in [0.1, 0.15) is 18.9 Å². The Morgan fingerprint density at radius 3 is 3.00 bits per heavy atom. The molecule has 1 atom stereocenters. The van der Waals surface area contributed by atoms with Gasteiger partial charge in [-0.25, -0.2) is 0 Å². The smallest absolute Gasteiger partial charge is 0.0765 e. The number of aromatic nitrogens is 1. The van der Waals surface area contributed by atoms with Crippen LogP contribution < -0.4 is 5.32 Å². The third-order valence-corrected chi connectivity index (χ3v) is 3.63. The number of methoxy groups -OCH3 is 1. The fourth-order valence-electron chi connectivity index (χ4n) is 2.18. The normalized spacial score (nSPS) is 14.6. The summed E-state index contributed by atoms with van der Waals surface area (Å²) < 4.78 is 4.99. The van der Waals surface area contributed by atoms with Crippen molar-refractivity contribution in [2.45, 2.75) is 25.5 Å². The topological polar surface area (TPSA) is 57.3 Å². The number of H-pyrrole nitrogens is 1. The fraction of sp³-hybridized carbons (Fsp3) is 0.467. The SMILES string of the molecule is COCCC(C)(O)CNCc1c[nH]c2cc(Cl)ccc12. The molecule has 0 amide bonds. The molecule has 20 heavy (non-hydrogen) atoms. The van der Waals surface area contributed by atoms with Crippen LogP contribution in [0.3, 0.4) is 0 Å². The van der Waals surface area contributed by atoms with Gasteiger partial charge in [0, 0.05) is 55.3 Å². The van der Waals surface area contributed by atoms with Crippen LogP contribution in [0.15, 0.2) is 24.4 Å². The van der Waals surface area contributed by atoms with Crippen LogP contribution in [-0.2, 0) is 11.3 Å². The second-order valence-electron chi connectivity index (χ2n) is 5.35. The molecule has 0 saturated heterocycles. The summed E-state index contributed by atoms with van der Waals surface area (Å²) in [5, 5.41) is 15.3. The number of aliphatic hydroxyl groups is 1. The summed E-state index contributed by atoms with van der Waals surface area (Å²) in [5.74, 6) is 0. The molecule has 2 rings (SSSR count). The summed E-state index contributed by atoms with van der Waals surface area (Å²) in [6, 6.07) is 5.80. The summed E-state index contributed by atoms with van der Waals surface area (Å²) in [7, 11) is 1.64. The minimum absolute atomic E-state index is 0.524. The summed E-state index contributed by atoms with van der Waals surface area (Å²) in [6.07, 6.45) is 2.58. The molecule has 0 saturated carbocycles. The molecular formula is C15H21ClN2O2. The number of hydrogen-bond acceptors (Lipinski definition) is 3. The molecule has 1 unspecified atom stereocenters. The number of hydrogen-bond donors (Lipinski definition) is 3. The highest BCUT2D eigenvalue weighted by molar-refractivity contribution is 6.31. The zero-order valence-corrected chi connectivity index (χ0v) is 12.6. The Kier molecular flexibility index (Phi) is 5.05. The average Bonchev–Trinajstić information content (AvgIpc) is 2.79. The Morgan fingerprint density at radius 2 is 2.25 bits per heavy atom. The van der Waals surface area contributed by atoms with Crippen molar-refractivity contribution >= 4 is 22.5 Å². The first-order chi connectivity index (χ1) is 9.52. The van der Waals surface area contributed by atoms with Crippen LogP contribution in [0.4, 0.5) is 0 Å². The van der Waals surface area contributed by atoms with E-state index in [0.29, 0.717) is 26.1 Å². The van der Waals surface area contributed by atoms with Gasteiger partial charge in [-0.05, 0) is 24.6 Å². The molecule has 2 aromatic rings. The van der Waals surface area contributed by atoms with E-state index in [0.717, 1.165) is 15.9 Å². The number of rotatable bonds is 7. The molecule has 4 nitrogen and oxygen atoms in total. The highest BCUT2D eigenvalue weighted by atomic mass is 35.5. The van der Waals surface area contributed by atoms with E-state index < -0.39 is 5.60 Å². The molecule has 0 radical (unpaired) electrons. The van der Waals surface area contributed by atoms with Gasteiger partial charge in [0.25, 0.3) is 0 Å². The van der Waals surface area contributed by atoms with Gasteiger partial charge >= 0.3 is 0 Å². The number of benzene rings is 1. The van der Waals surface area contributed by atoms with Crippen molar-refractivity contribution in [2.24, 2.45) is 0 Å². The zero-order chi connectivity index (χ0) is 14.6. The molecular weight excluding hydrogens is 276 g/mol. The van der Waals surface area contributed by atoms with Crippen molar-refractivity contribution in [3.8, 4) is 0 Å². The first kappa shape index (κ1) is 15.3. The third kappa shape index (κ3) is 3.96. The lowest BCUT2D eigenvalue weighted by atomic mass is 10.0. The van der Waals surface area contributed by atoms with E-state index in [-0.39, 0.29) is 0 Å². The first-order valence-electron chi connectivity index (χ1n) is 6.69. The molecule has 0 bridgehead atoms. The van der Waals surface area contributed by atoms with Crippen LogP contribution in [-0.4, -0.2) is 36.0 Å². The zero-order valence-electron chi connectivity index (χ0n) is 11.9. The van der Waals surface area contributed by atoms with Crippen LogP contribution in [0.25, 0.3) is 10.9 Å². The molecule has 3 N–H and O–H groups in total. The maximum atomic E-state index is 10.2. The minimum atomic E-state index is -0.759. The lowest BCUT2D eigenvalue weighted by Gasteiger charge is -2.23. The monoisotopic (exact) mass is 296 g/mol. The standard InChI is InChI=1S/C15H21ClN2O2/c1-15(19,5-6-20-2)10-17-8-11-9-18-14-7-12(16)3-4-13(11)14/h3-4,7,9,17-19H,5-6,8,10H2,1-2H3. The van der Waals surface area contributed by atoms with Crippen molar-refractivity contribution in [2.75, 3.05) is 20.3 Å². The van der Waals surface area contributed by atoms with Crippen molar-refractivity contribution in [3.63, 3.8) is 0 Å². The second kappa shape index (κ2) is 6.59. The van der Waals surface area contributed by atoms with E-state index in [1.54, 1.807) is 7.11 Å². The van der Waals surface area contributed by atoms with Crippen molar-refractivity contribution < 1.29 is 9.84 Å². The molecule has 5 heteroatoms. The summed E-state index contributed by atoms with van der Waals surface area (Å²) >= 11 is 5.96. The Balaban J connectivity index is 1.93. The Bertz CT molecular complexity index is 566. The van der Waals surface area contributed by atoms with Crippen molar-refractivity contribution in [1.82, 2.24) is 10.3 Å². The van der Waals surface area contributed by atoms with E-state index in [2.05, 4.69) is 10.3 Å². The van der Waals surface area contributed by atoms with Gasteiger partial charge in [0.2, 0.25) is 0 Å². The molecule has 110 valence electrons. The molecule has 1 aromatic heterocycles. The van der Waals surface area contributed by atoms with Gasteiger partial charge in [0.05, 0.1) is 5.60 Å². The second-order valence-corrected chi connectivity index (χ2v) is 5.78. The number of ether oxygens (including phenoxy) is 1. The molecule has 0 aliphatic carbocycles. The number of nitrogens with one attached hydrogen (secondary N) is 2. The maximum Gasteiger partial charge on any atom is 0.0765 e. The van der Waals surface area contributed by atoms with Crippen LogP contribution in [0, 0.1) is 0 Å². The molecule has 0 aliphatic heterocycles. The molecule has 0 aliphatic rings. The Morgan fingerprint density at radius 1 is 1.45 bits per heavy atom. The van der Waals surface area contributed by atoms with Crippen molar-refractivity contribution in [1.29, 1.82) is 0 Å². The van der Waals surface area contributed by atoms with Gasteiger partial charge in [-0.1, -0.05) is 17.7 Å². The molecule has 0 fully saturated rings. The highest BCUT2D eigenvalue weighted by Gasteiger charge is 2.19. The average molecular weight is 297 g/mol. The third-order valence-electron chi connectivity index (χ3n) is 3.40. The van der Waals surface area contributed by atoms with E-state index in [1.807, 2.05) is 31.3 Å². The minimum Gasteiger partial charge on any atom is -0.389 e. The van der Waals surface area contributed by atoms with Crippen LogP contribution in [0.5, 0.6) is 0 Å². The van der Waals surface area contributed by atoms with E-state index in [4.69, 9.17) is 16.3 Å². The lowest BCUT2D eigenvalue weighted by molar-refractivity contribution is 0.0248. The van der Waals surface area contributed by atoms with Gasteiger partial charge in [0.1, 0.15) is 0 Å². The number of fused-ring (bicyclic) bond motifs is 1. The van der Waals surface area contributed by atoms with Crippen molar-refractivity contribution in [3.05, 3.63) is 35.0 Å². The first-order valence-corrected chi connectivity index (χ1v) is 7.07. The predicted octanol–water partition coefficient (Wildman–Crippen LogP) is 2.70. The summed E-state index contributed by atoms with van der Waals surface area (Å²) in [5.41, 5.74) is 1.44. The van der Waals surface area contributed by atoms with Crippen LogP contribution >= 0.6 is 11.6 Å². The Labute approximate surface area is 124 Å². The molecule has 1 heterocycles. The van der Waals surface area contributed by atoms with Gasteiger partial charge in [-0.3, -0.25) is 0 Å². The van der Waals surface area contributed by atoms with E-state index >= 15 is 0 Å². The summed E-state index contributed by atoms with van der Waals surface area (Å²) in [4.78, 5) is 3.20. The lowest BCUT2D eigenvalue weighted by Crippen LogP contribution is -2.38. The predicted molar refractivity (Wildman–Crippen MR) is 82.1 cm³/mol. The summed E-state index contributed by atoms with van der Waals surface area (Å²) in [6.45, 7) is 3.59. The maximum absolute atomic E-state index is 10.2. The van der Waals surface area contributed by atoms with E-state index in [9.17, 15) is 5.11 Å². The Hall–Kier alpha value is -1.07. The van der Waals surface area contributed by atoms with E-state index in [1.165, 1.54) is 5.56 Å². The quantitative estimate of drug-likeness (QED) is 0.736. The highest BCUT2D eigenvalue weighted by Crippen LogP contribution is 2.22. The largest absolute Gasteiger partial charge is 0.389 e. The van der Waals surface area contributed by atoms with Gasteiger partial charge in [-0.2, -0.15) is 0 Å². The molecule has 1 aromatic carbocycles. The molecule has 0 spiro atoms. The van der Waals surface area contributed by atoms with Gasteiger partial charge in [0.15, 0.2) is 0 Å². The van der Waals surface area contributed by atoms with Gasteiger partial charge < -0.3 is 20.1 Å². The number of halogens is 1. The number of aromatic amines is 1. The fourth-order valence-corrected chi connectivity index (χ4v) is 2.35. The van der Waals surface area contributed by atoms with Crippen LogP contribution in [0.2, 0.25) is 5.02 Å².